The fourth-order valence-electron chi connectivity index (χ4n) is 1.48. The van der Waals surface area contributed by atoms with E-state index in [0.717, 1.165) is 19.2 Å². The van der Waals surface area contributed by atoms with Crippen LogP contribution in [0.25, 0.3) is 0 Å². The van der Waals surface area contributed by atoms with Gasteiger partial charge in [0.15, 0.2) is 0 Å². The van der Waals surface area contributed by atoms with Gasteiger partial charge in [-0.1, -0.05) is 0 Å². The van der Waals surface area contributed by atoms with Crippen molar-refractivity contribution in [2.45, 2.75) is 46.1 Å². The number of hydrogen-bond donors (Lipinski definition) is 0. The lowest BCUT2D eigenvalue weighted by Gasteiger charge is -2.30. The van der Waals surface area contributed by atoms with Crippen molar-refractivity contribution in [1.29, 1.82) is 0 Å². The molecule has 150 valence electrons. The van der Waals surface area contributed by atoms with Gasteiger partial charge in [-0.15, -0.1) is 5.10 Å². The van der Waals surface area contributed by atoms with Crippen molar-refractivity contribution in [3.8, 4) is 5.88 Å². The molecule has 0 saturated carbocycles. The summed E-state index contributed by atoms with van der Waals surface area (Å²) in [5.74, 6) is -0.463. The van der Waals surface area contributed by atoms with E-state index in [2.05, 4.69) is 9.28 Å². The fraction of sp³-hybridized carbons (Fsp3) is 0.714. The van der Waals surface area contributed by atoms with E-state index in [9.17, 15) is 26.4 Å². The van der Waals surface area contributed by atoms with Gasteiger partial charge in [-0.05, 0) is 27.7 Å². The van der Waals surface area contributed by atoms with E-state index in [-0.39, 0.29) is 0 Å². The van der Waals surface area contributed by atoms with E-state index < -0.39 is 52.5 Å². The molecule has 0 amide bonds. The molecule has 12 heteroatoms. The zero-order valence-electron chi connectivity index (χ0n) is 14.9. The molecule has 0 aliphatic rings. The third kappa shape index (κ3) is 6.48. The third-order valence-corrected chi connectivity index (χ3v) is 3.52. The van der Waals surface area contributed by atoms with Crippen LogP contribution in [0.1, 0.15) is 27.7 Å². The molecule has 0 aliphatic heterocycles. The second-order valence-corrected chi connectivity index (χ2v) is 8.43. The predicted octanol–water partition coefficient (Wildman–Crippen LogP) is 2.59. The summed E-state index contributed by atoms with van der Waals surface area (Å²) in [4.78, 5) is 11.8. The first-order valence-electron chi connectivity index (χ1n) is 7.36. The van der Waals surface area contributed by atoms with Crippen molar-refractivity contribution in [3.05, 3.63) is 12.3 Å². The molecule has 1 aromatic heterocycles. The summed E-state index contributed by atoms with van der Waals surface area (Å²) in [5.41, 5.74) is -3.39. The van der Waals surface area contributed by atoms with Crippen molar-refractivity contribution in [2.75, 3.05) is 12.9 Å². The second-order valence-electron chi connectivity index (χ2n) is 6.79. The van der Waals surface area contributed by atoms with Crippen LogP contribution in [0.4, 0.5) is 18.0 Å². The van der Waals surface area contributed by atoms with Crippen molar-refractivity contribution in [2.24, 2.45) is 5.41 Å². The maximum atomic E-state index is 14.3. The Kier molecular flexibility index (Phi) is 6.69. The van der Waals surface area contributed by atoms with Crippen molar-refractivity contribution >= 4 is 16.2 Å². The van der Waals surface area contributed by atoms with Crippen molar-refractivity contribution in [3.63, 3.8) is 0 Å². The van der Waals surface area contributed by atoms with Gasteiger partial charge in [0, 0.05) is 12.3 Å². The topological polar surface area (TPSA) is 96.7 Å². The van der Waals surface area contributed by atoms with Gasteiger partial charge in [0.1, 0.15) is 11.0 Å². The van der Waals surface area contributed by atoms with Crippen LogP contribution < -0.4 is 4.74 Å². The SMILES string of the molecule is CC(C)(C)OC(=O)n1ccc(OC(F)C(C)(COS(C)(=O)=O)C(F)F)n1. The van der Waals surface area contributed by atoms with Crippen LogP contribution in [0.3, 0.4) is 0 Å². The monoisotopic (exact) mass is 402 g/mol. The maximum Gasteiger partial charge on any atom is 0.435 e. The molecule has 0 fully saturated rings. The summed E-state index contributed by atoms with van der Waals surface area (Å²) in [6, 6.07) is 1.07. The highest BCUT2D eigenvalue weighted by atomic mass is 32.2. The van der Waals surface area contributed by atoms with Crippen LogP contribution in [0.15, 0.2) is 12.3 Å². The molecule has 1 rings (SSSR count). The highest BCUT2D eigenvalue weighted by Gasteiger charge is 2.47. The summed E-state index contributed by atoms with van der Waals surface area (Å²) in [6.45, 7) is 4.49. The molecule has 2 unspecified atom stereocenters. The lowest BCUT2D eigenvalue weighted by Crippen LogP contribution is -2.44. The minimum atomic E-state index is -4.06. The molecule has 0 N–H and O–H groups in total. The smallest absolute Gasteiger partial charge is 0.435 e. The zero-order chi connectivity index (χ0) is 20.3. The first-order chi connectivity index (χ1) is 11.6. The Morgan fingerprint density at radius 3 is 2.31 bits per heavy atom. The van der Waals surface area contributed by atoms with Gasteiger partial charge in [-0.2, -0.15) is 13.1 Å². The number of carbonyl (C=O) groups excluding carboxylic acids is 1. The number of halogens is 3. The average molecular weight is 402 g/mol. The van der Waals surface area contributed by atoms with E-state index in [0.29, 0.717) is 10.9 Å². The molecular formula is C14H21F3N2O6S. The van der Waals surface area contributed by atoms with Crippen molar-refractivity contribution in [1.82, 2.24) is 9.78 Å². The number of nitrogens with zero attached hydrogens (tertiary/aromatic N) is 2. The Balaban J connectivity index is 2.87. The molecular weight excluding hydrogens is 381 g/mol. The van der Waals surface area contributed by atoms with E-state index in [1.165, 1.54) is 0 Å². The van der Waals surface area contributed by atoms with Crippen molar-refractivity contribution < 1.29 is 40.0 Å². The quantitative estimate of drug-likeness (QED) is 0.647. The Hall–Kier alpha value is -1.82. The van der Waals surface area contributed by atoms with Crippen LogP contribution in [-0.4, -0.2) is 55.5 Å². The maximum absolute atomic E-state index is 14.3. The number of hydrogen-bond acceptors (Lipinski definition) is 7. The molecule has 0 radical (unpaired) electrons. The number of carbonyl (C=O) groups is 1. The minimum Gasteiger partial charge on any atom is -0.442 e. The Bertz CT molecular complexity index is 731. The van der Waals surface area contributed by atoms with Gasteiger partial charge >= 0.3 is 6.09 Å². The standard InChI is InChI=1S/C14H21F3N2O6S/c1-13(2,3)25-12(20)19-7-6-9(18-19)24-11(17)14(4,10(15)16)8-23-26(5,21)22/h6-7,10-11H,8H2,1-5H3. The number of aromatic nitrogens is 2. The molecule has 0 spiro atoms. The van der Waals surface area contributed by atoms with Gasteiger partial charge in [-0.3, -0.25) is 4.18 Å². The largest absolute Gasteiger partial charge is 0.442 e. The van der Waals surface area contributed by atoms with E-state index in [1.807, 2.05) is 0 Å². The van der Waals surface area contributed by atoms with Gasteiger partial charge in [0.2, 0.25) is 5.88 Å². The second kappa shape index (κ2) is 7.82. The molecule has 1 aromatic rings. The highest BCUT2D eigenvalue weighted by Crippen LogP contribution is 2.34. The molecule has 2 atom stereocenters. The number of ether oxygens (including phenoxy) is 2. The minimum absolute atomic E-state index is 0.463. The lowest BCUT2D eigenvalue weighted by molar-refractivity contribution is -0.141. The number of alkyl halides is 3. The van der Waals surface area contributed by atoms with Gasteiger partial charge < -0.3 is 9.47 Å². The van der Waals surface area contributed by atoms with Crippen LogP contribution >= 0.6 is 0 Å². The molecule has 0 bridgehead atoms. The van der Waals surface area contributed by atoms with E-state index >= 15 is 0 Å². The zero-order valence-corrected chi connectivity index (χ0v) is 15.7. The first kappa shape index (κ1) is 22.2. The Labute approximate surface area is 149 Å². The molecule has 1 heterocycles. The van der Waals surface area contributed by atoms with Gasteiger partial charge in [0.05, 0.1) is 12.9 Å². The highest BCUT2D eigenvalue weighted by molar-refractivity contribution is 7.85. The summed E-state index contributed by atoms with van der Waals surface area (Å²) in [7, 11) is -4.06. The lowest BCUT2D eigenvalue weighted by atomic mass is 9.92. The van der Waals surface area contributed by atoms with Crippen LogP contribution in [0, 0.1) is 5.41 Å². The van der Waals surface area contributed by atoms with Crippen LogP contribution in [0.5, 0.6) is 5.88 Å². The van der Waals surface area contributed by atoms with Gasteiger partial charge in [0.25, 0.3) is 22.9 Å². The molecule has 0 aromatic carbocycles. The van der Waals surface area contributed by atoms with Crippen LogP contribution in [-0.2, 0) is 19.0 Å². The fourth-order valence-corrected chi connectivity index (χ4v) is 1.95. The molecule has 8 nitrogen and oxygen atoms in total. The van der Waals surface area contributed by atoms with Gasteiger partial charge in [-0.25, -0.2) is 18.0 Å². The van der Waals surface area contributed by atoms with E-state index in [1.54, 1.807) is 20.8 Å². The molecule has 0 aliphatic carbocycles. The van der Waals surface area contributed by atoms with E-state index in [4.69, 9.17) is 9.47 Å². The normalized spacial score (nSPS) is 16.2. The molecule has 26 heavy (non-hydrogen) atoms. The summed E-state index contributed by atoms with van der Waals surface area (Å²) < 4.78 is 77.5. The third-order valence-electron chi connectivity index (χ3n) is 2.97. The average Bonchev–Trinajstić information content (AvgIpc) is 2.90. The summed E-state index contributed by atoms with van der Waals surface area (Å²) >= 11 is 0. The number of rotatable bonds is 7. The predicted molar refractivity (Wildman–Crippen MR) is 84.3 cm³/mol. The summed E-state index contributed by atoms with van der Waals surface area (Å²) in [5, 5.41) is 3.59. The molecule has 0 saturated heterocycles. The first-order valence-corrected chi connectivity index (χ1v) is 9.18. The van der Waals surface area contributed by atoms with Crippen LogP contribution in [0.2, 0.25) is 0 Å². The Morgan fingerprint density at radius 1 is 1.27 bits per heavy atom. The Morgan fingerprint density at radius 2 is 1.85 bits per heavy atom. The summed E-state index contributed by atoms with van der Waals surface area (Å²) in [6.07, 6.45) is -5.09.